The first-order valence-electron chi connectivity index (χ1n) is 12.1. The van der Waals surface area contributed by atoms with Crippen molar-refractivity contribution in [1.29, 1.82) is 0 Å². The molecule has 0 unspecified atom stereocenters. The minimum absolute atomic E-state index is 0. The maximum atomic E-state index is 13.0. The smallest absolute Gasteiger partial charge is 0.272 e. The van der Waals surface area contributed by atoms with Crippen LogP contribution in [-0.2, 0) is 0 Å². The molecule has 2 aliphatic heterocycles. The number of pyridine rings is 1. The molecular weight excluding hydrogens is 428 g/mol. The van der Waals surface area contributed by atoms with Crippen molar-refractivity contribution in [2.75, 3.05) is 38.5 Å². The number of fused-ring (bicyclic) bond motifs is 2. The monoisotopic (exact) mass is 458 g/mol. The summed E-state index contributed by atoms with van der Waals surface area (Å²) in [6.45, 7) is 4.06. The van der Waals surface area contributed by atoms with Crippen LogP contribution in [-0.4, -0.2) is 79.0 Å². The third-order valence-corrected chi connectivity index (χ3v) is 7.75. The largest absolute Gasteiger partial charge is 0.350 e. The molecule has 9 heteroatoms. The van der Waals surface area contributed by atoms with E-state index in [1.54, 1.807) is 6.20 Å². The standard InChI is InChI=1S/C25H28N8O.H2/c1-30-15-25(16-30)10-18(11-25)28-24-27-12-20-19(6-9-33(20)29-24)17-4-5-22-26-13-21(32(22)14-17)23(34)31-7-2-3-8-31;/h4-6,9,12-14,18H,2-3,7-8,10-11,15-16H2,1H3,(H,28,29);1H. The quantitative estimate of drug-likeness (QED) is 0.506. The lowest BCUT2D eigenvalue weighted by molar-refractivity contribution is -0.0514. The number of nitrogens with zero attached hydrogens (tertiary/aromatic N) is 7. The maximum Gasteiger partial charge on any atom is 0.272 e. The first-order chi connectivity index (χ1) is 16.6. The molecular formula is C25H30N8O. The number of imidazole rings is 1. The number of anilines is 1. The lowest BCUT2D eigenvalue weighted by Gasteiger charge is -2.58. The number of amides is 1. The van der Waals surface area contributed by atoms with Gasteiger partial charge in [-0.15, -0.1) is 5.10 Å². The second-order valence-corrected chi connectivity index (χ2v) is 10.4. The Morgan fingerprint density at radius 3 is 2.74 bits per heavy atom. The van der Waals surface area contributed by atoms with Crippen LogP contribution >= 0.6 is 0 Å². The van der Waals surface area contributed by atoms with Gasteiger partial charge in [0.2, 0.25) is 5.95 Å². The normalized spacial score (nSPS) is 20.2. The summed E-state index contributed by atoms with van der Waals surface area (Å²) in [5.74, 6) is 0.722. The summed E-state index contributed by atoms with van der Waals surface area (Å²) in [4.78, 5) is 26.4. The van der Waals surface area contributed by atoms with Crippen LogP contribution in [0.1, 0.15) is 37.6 Å². The highest BCUT2D eigenvalue weighted by Crippen LogP contribution is 2.48. The number of nitrogens with one attached hydrogen (secondary N) is 1. The lowest BCUT2D eigenvalue weighted by atomic mass is 9.61. The van der Waals surface area contributed by atoms with Crippen LogP contribution in [0.5, 0.6) is 0 Å². The first kappa shape index (κ1) is 20.0. The van der Waals surface area contributed by atoms with E-state index in [-0.39, 0.29) is 7.33 Å². The summed E-state index contributed by atoms with van der Waals surface area (Å²) in [6, 6.07) is 6.51. The fourth-order valence-corrected chi connectivity index (χ4v) is 6.22. The van der Waals surface area contributed by atoms with Crippen LogP contribution < -0.4 is 5.32 Å². The van der Waals surface area contributed by atoms with Crippen molar-refractivity contribution in [2.24, 2.45) is 5.41 Å². The molecule has 1 N–H and O–H groups in total. The van der Waals surface area contributed by atoms with Crippen molar-refractivity contribution in [2.45, 2.75) is 31.7 Å². The van der Waals surface area contributed by atoms with E-state index in [9.17, 15) is 4.79 Å². The van der Waals surface area contributed by atoms with Crippen molar-refractivity contribution in [3.05, 3.63) is 48.7 Å². The highest BCUT2D eigenvalue weighted by atomic mass is 16.2. The highest BCUT2D eigenvalue weighted by molar-refractivity contribution is 5.93. The van der Waals surface area contributed by atoms with Crippen molar-refractivity contribution in [1.82, 2.24) is 33.8 Å². The summed E-state index contributed by atoms with van der Waals surface area (Å²) in [7, 11) is 2.18. The number of carbonyl (C=O) groups is 1. The van der Waals surface area contributed by atoms with Crippen LogP contribution in [0.4, 0.5) is 5.95 Å². The molecule has 0 aromatic carbocycles. The van der Waals surface area contributed by atoms with Gasteiger partial charge in [0.15, 0.2) is 0 Å². The topological polar surface area (TPSA) is 83.1 Å². The third-order valence-electron chi connectivity index (χ3n) is 7.75. The zero-order chi connectivity index (χ0) is 22.9. The van der Waals surface area contributed by atoms with Gasteiger partial charge < -0.3 is 15.1 Å². The molecule has 1 saturated carbocycles. The zero-order valence-electron chi connectivity index (χ0n) is 19.3. The van der Waals surface area contributed by atoms with E-state index >= 15 is 0 Å². The molecule has 3 aliphatic rings. The predicted octanol–water partition coefficient (Wildman–Crippen LogP) is 3.03. The molecule has 34 heavy (non-hydrogen) atoms. The lowest BCUT2D eigenvalue weighted by Crippen LogP contribution is -2.63. The molecule has 1 spiro atoms. The van der Waals surface area contributed by atoms with Gasteiger partial charge in [-0.1, -0.05) is 0 Å². The molecule has 3 fully saturated rings. The van der Waals surface area contributed by atoms with Crippen molar-refractivity contribution >= 4 is 23.0 Å². The molecule has 6 heterocycles. The number of aromatic nitrogens is 5. The Balaban J connectivity index is 0.00000229. The third kappa shape index (κ3) is 3.10. The van der Waals surface area contributed by atoms with Gasteiger partial charge in [-0.25, -0.2) is 14.5 Å². The average Bonchev–Trinajstić information content (AvgIpc) is 3.55. The van der Waals surface area contributed by atoms with E-state index in [1.807, 2.05) is 44.5 Å². The van der Waals surface area contributed by atoms with E-state index in [1.165, 1.54) is 25.9 Å². The van der Waals surface area contributed by atoms with E-state index in [0.29, 0.717) is 23.1 Å². The van der Waals surface area contributed by atoms with Gasteiger partial charge in [-0.05, 0) is 56.3 Å². The van der Waals surface area contributed by atoms with Crippen LogP contribution in [0.3, 0.4) is 0 Å². The molecule has 1 amide bonds. The van der Waals surface area contributed by atoms with E-state index < -0.39 is 0 Å². The molecule has 0 radical (unpaired) electrons. The van der Waals surface area contributed by atoms with Gasteiger partial charge in [0, 0.05) is 57.2 Å². The van der Waals surface area contributed by atoms with Gasteiger partial charge in [0.25, 0.3) is 5.91 Å². The summed E-state index contributed by atoms with van der Waals surface area (Å²) in [5.41, 5.74) is 4.88. The molecule has 0 atom stereocenters. The first-order valence-corrected chi connectivity index (χ1v) is 12.1. The van der Waals surface area contributed by atoms with Crippen LogP contribution in [0.15, 0.2) is 43.0 Å². The van der Waals surface area contributed by atoms with Crippen molar-refractivity contribution in [3.8, 4) is 11.1 Å². The van der Waals surface area contributed by atoms with Crippen LogP contribution in [0.25, 0.3) is 22.3 Å². The minimum Gasteiger partial charge on any atom is -0.350 e. The van der Waals surface area contributed by atoms with Gasteiger partial charge in [-0.3, -0.25) is 9.20 Å². The van der Waals surface area contributed by atoms with Crippen molar-refractivity contribution in [3.63, 3.8) is 0 Å². The molecule has 0 bridgehead atoms. The number of likely N-dealkylation sites (tertiary alicyclic amines) is 2. The SMILES string of the molecule is CN1CC2(CC(Nc3ncc4c(-c5ccc6ncc(C(=O)N7CCCC7)n6c5)ccn4n3)C2)C1.[HH]. The zero-order valence-corrected chi connectivity index (χ0v) is 19.3. The Hall–Kier alpha value is -3.46. The molecule has 9 nitrogen and oxygen atoms in total. The summed E-state index contributed by atoms with van der Waals surface area (Å²) in [5, 5.41) is 8.21. The Labute approximate surface area is 198 Å². The fraction of sp³-hybridized carbons (Fsp3) is 0.440. The number of hydrogen-bond acceptors (Lipinski definition) is 6. The molecule has 4 aromatic rings. The number of hydrogen-bond donors (Lipinski definition) is 1. The van der Waals surface area contributed by atoms with Crippen LogP contribution in [0, 0.1) is 5.41 Å². The molecule has 2 saturated heterocycles. The van der Waals surface area contributed by atoms with Gasteiger partial charge in [0.1, 0.15) is 11.3 Å². The van der Waals surface area contributed by atoms with E-state index in [4.69, 9.17) is 5.10 Å². The van der Waals surface area contributed by atoms with Crippen LogP contribution in [0.2, 0.25) is 0 Å². The highest BCUT2D eigenvalue weighted by Gasteiger charge is 2.51. The molecule has 176 valence electrons. The second-order valence-electron chi connectivity index (χ2n) is 10.4. The summed E-state index contributed by atoms with van der Waals surface area (Å²) in [6.07, 6.45) is 12.1. The summed E-state index contributed by atoms with van der Waals surface area (Å²) >= 11 is 0. The number of rotatable bonds is 4. The molecule has 7 rings (SSSR count). The van der Waals surface area contributed by atoms with E-state index in [2.05, 4.69) is 33.3 Å². The van der Waals surface area contributed by atoms with Gasteiger partial charge >= 0.3 is 0 Å². The Morgan fingerprint density at radius 2 is 1.94 bits per heavy atom. The molecule has 1 aliphatic carbocycles. The Bertz CT molecular complexity index is 1410. The van der Waals surface area contributed by atoms with E-state index in [0.717, 1.165) is 48.2 Å². The fourth-order valence-electron chi connectivity index (χ4n) is 6.22. The molecule has 4 aromatic heterocycles. The van der Waals surface area contributed by atoms with Gasteiger partial charge in [-0.2, -0.15) is 0 Å². The van der Waals surface area contributed by atoms with Gasteiger partial charge in [0.05, 0.1) is 17.9 Å². The number of carbonyl (C=O) groups excluding carboxylic acids is 1. The average molecular weight is 459 g/mol. The Morgan fingerprint density at radius 1 is 1.12 bits per heavy atom. The Kier molecular flexibility index (Phi) is 4.27. The summed E-state index contributed by atoms with van der Waals surface area (Å²) < 4.78 is 3.78. The van der Waals surface area contributed by atoms with Crippen molar-refractivity contribution < 1.29 is 6.22 Å². The minimum atomic E-state index is 0. The second kappa shape index (κ2) is 7.27. The predicted molar refractivity (Wildman–Crippen MR) is 131 cm³/mol. The maximum absolute atomic E-state index is 13.0.